The van der Waals surface area contributed by atoms with Gasteiger partial charge in [0.1, 0.15) is 0 Å². The smallest absolute Gasteiger partial charge is 0.261 e. The number of amides is 1. The van der Waals surface area contributed by atoms with Crippen LogP contribution in [0.25, 0.3) is 0 Å². The lowest BCUT2D eigenvalue weighted by atomic mass is 9.84. The molecule has 6 heteroatoms. The zero-order chi connectivity index (χ0) is 19.2. The predicted molar refractivity (Wildman–Crippen MR) is 106 cm³/mol. The quantitative estimate of drug-likeness (QED) is 0.870. The SMILES string of the molecule is Cc1ccc(NS(=O)(=O)c2ccc3c(c2)C[C@@H](C)N3C(=O)C2CCC2)cc1. The fraction of sp³-hybridized carbons (Fsp3) is 0.381. The van der Waals surface area contributed by atoms with E-state index in [2.05, 4.69) is 4.72 Å². The number of carbonyl (C=O) groups excluding carboxylic acids is 1. The van der Waals surface area contributed by atoms with E-state index in [1.54, 1.807) is 30.3 Å². The molecule has 0 unspecified atom stereocenters. The fourth-order valence-corrected chi connectivity index (χ4v) is 4.91. The van der Waals surface area contributed by atoms with Crippen molar-refractivity contribution in [3.05, 3.63) is 53.6 Å². The third-order valence-electron chi connectivity index (χ3n) is 5.57. The third-order valence-corrected chi connectivity index (χ3v) is 6.95. The molecule has 1 heterocycles. The van der Waals surface area contributed by atoms with E-state index < -0.39 is 10.0 Å². The Hall–Kier alpha value is -2.34. The van der Waals surface area contributed by atoms with Crippen molar-refractivity contribution in [3.8, 4) is 0 Å². The molecule has 0 spiro atoms. The molecule has 5 nitrogen and oxygen atoms in total. The maximum Gasteiger partial charge on any atom is 0.261 e. The lowest BCUT2D eigenvalue weighted by Crippen LogP contribution is -2.42. The topological polar surface area (TPSA) is 66.5 Å². The Morgan fingerprint density at radius 3 is 2.44 bits per heavy atom. The van der Waals surface area contributed by atoms with Crippen LogP contribution in [-0.4, -0.2) is 20.4 Å². The zero-order valence-corrected chi connectivity index (χ0v) is 16.4. The minimum absolute atomic E-state index is 0.0658. The van der Waals surface area contributed by atoms with Gasteiger partial charge in [0, 0.05) is 23.3 Å². The van der Waals surface area contributed by atoms with Crippen LogP contribution in [0.1, 0.15) is 37.3 Å². The summed E-state index contributed by atoms with van der Waals surface area (Å²) < 4.78 is 28.1. The molecule has 4 rings (SSSR count). The van der Waals surface area contributed by atoms with Crippen LogP contribution in [0.5, 0.6) is 0 Å². The minimum atomic E-state index is -3.67. The molecule has 2 aromatic rings. The van der Waals surface area contributed by atoms with Gasteiger partial charge in [-0.2, -0.15) is 0 Å². The van der Waals surface area contributed by atoms with E-state index in [4.69, 9.17) is 0 Å². The molecule has 142 valence electrons. The molecule has 0 radical (unpaired) electrons. The molecule has 1 aliphatic heterocycles. The number of hydrogen-bond acceptors (Lipinski definition) is 3. The molecule has 2 aliphatic rings. The van der Waals surface area contributed by atoms with Crippen molar-refractivity contribution >= 4 is 27.3 Å². The molecule has 0 aromatic heterocycles. The zero-order valence-electron chi connectivity index (χ0n) is 15.6. The number of rotatable bonds is 4. The first-order chi connectivity index (χ1) is 12.8. The van der Waals surface area contributed by atoms with Crippen molar-refractivity contribution in [1.29, 1.82) is 0 Å². The monoisotopic (exact) mass is 384 g/mol. The highest BCUT2D eigenvalue weighted by Crippen LogP contribution is 2.38. The van der Waals surface area contributed by atoms with E-state index in [1.807, 2.05) is 30.9 Å². The van der Waals surface area contributed by atoms with Gasteiger partial charge in [-0.25, -0.2) is 8.42 Å². The van der Waals surface area contributed by atoms with Gasteiger partial charge in [0.15, 0.2) is 0 Å². The van der Waals surface area contributed by atoms with Crippen LogP contribution in [0, 0.1) is 12.8 Å². The number of nitrogens with zero attached hydrogens (tertiary/aromatic N) is 1. The van der Waals surface area contributed by atoms with Crippen LogP contribution < -0.4 is 9.62 Å². The number of carbonyl (C=O) groups is 1. The Labute approximate surface area is 160 Å². The van der Waals surface area contributed by atoms with Gasteiger partial charge in [0.25, 0.3) is 10.0 Å². The first-order valence-corrected chi connectivity index (χ1v) is 10.9. The lowest BCUT2D eigenvalue weighted by molar-refractivity contribution is -0.125. The average Bonchev–Trinajstić information content (AvgIpc) is 2.90. The van der Waals surface area contributed by atoms with E-state index in [1.165, 1.54) is 0 Å². The Morgan fingerprint density at radius 2 is 1.81 bits per heavy atom. The fourth-order valence-electron chi connectivity index (χ4n) is 3.80. The van der Waals surface area contributed by atoms with Gasteiger partial charge in [0.2, 0.25) is 5.91 Å². The summed E-state index contributed by atoms with van der Waals surface area (Å²) >= 11 is 0. The largest absolute Gasteiger partial charge is 0.309 e. The van der Waals surface area contributed by atoms with Crippen LogP contribution in [0.4, 0.5) is 11.4 Å². The molecule has 0 saturated heterocycles. The summed E-state index contributed by atoms with van der Waals surface area (Å²) in [6, 6.07) is 12.4. The number of fused-ring (bicyclic) bond motifs is 1. The van der Waals surface area contributed by atoms with E-state index in [0.29, 0.717) is 12.1 Å². The van der Waals surface area contributed by atoms with Gasteiger partial charge in [-0.3, -0.25) is 9.52 Å². The summed E-state index contributed by atoms with van der Waals surface area (Å²) in [5.41, 5.74) is 3.38. The van der Waals surface area contributed by atoms with E-state index in [9.17, 15) is 13.2 Å². The molecule has 2 aromatic carbocycles. The van der Waals surface area contributed by atoms with Crippen molar-refractivity contribution in [2.45, 2.75) is 50.5 Å². The van der Waals surface area contributed by atoms with Crippen molar-refractivity contribution in [2.24, 2.45) is 5.92 Å². The molecule has 1 aliphatic carbocycles. The highest BCUT2D eigenvalue weighted by atomic mass is 32.2. The van der Waals surface area contributed by atoms with Crippen molar-refractivity contribution in [1.82, 2.24) is 0 Å². The third kappa shape index (κ3) is 3.34. The molecule has 1 saturated carbocycles. The Balaban J connectivity index is 1.60. The first kappa shape index (κ1) is 18.0. The maximum atomic E-state index is 12.8. The number of aryl methyl sites for hydroxylation is 1. The van der Waals surface area contributed by atoms with Crippen LogP contribution in [0.3, 0.4) is 0 Å². The molecule has 1 N–H and O–H groups in total. The van der Waals surface area contributed by atoms with Crippen LogP contribution in [-0.2, 0) is 21.2 Å². The normalized spacial score (nSPS) is 19.5. The number of benzene rings is 2. The number of anilines is 2. The van der Waals surface area contributed by atoms with Crippen molar-refractivity contribution in [3.63, 3.8) is 0 Å². The molecular formula is C21H24N2O3S. The van der Waals surface area contributed by atoms with E-state index in [0.717, 1.165) is 36.1 Å². The van der Waals surface area contributed by atoms with Crippen molar-refractivity contribution < 1.29 is 13.2 Å². The lowest BCUT2D eigenvalue weighted by Gasteiger charge is -2.32. The molecule has 1 atom stereocenters. The van der Waals surface area contributed by atoms with E-state index in [-0.39, 0.29) is 22.8 Å². The predicted octanol–water partition coefficient (Wildman–Crippen LogP) is 3.87. The van der Waals surface area contributed by atoms with Gasteiger partial charge in [-0.15, -0.1) is 0 Å². The second kappa shape index (κ2) is 6.68. The molecular weight excluding hydrogens is 360 g/mol. The second-order valence-electron chi connectivity index (χ2n) is 7.65. The molecule has 0 bridgehead atoms. The van der Waals surface area contributed by atoms with Gasteiger partial charge < -0.3 is 4.90 Å². The number of nitrogens with one attached hydrogen (secondary N) is 1. The molecule has 27 heavy (non-hydrogen) atoms. The standard InChI is InChI=1S/C21H24N2O3S/c1-14-6-8-18(9-7-14)22-27(25,26)19-10-11-20-17(13-19)12-15(2)23(20)21(24)16-4-3-5-16/h6-11,13,15-16,22H,3-5,12H2,1-2H3/t15-/m1/s1. The maximum absolute atomic E-state index is 12.8. The minimum Gasteiger partial charge on any atom is -0.309 e. The van der Waals surface area contributed by atoms with E-state index >= 15 is 0 Å². The summed E-state index contributed by atoms with van der Waals surface area (Å²) in [5.74, 6) is 0.311. The molecule has 1 amide bonds. The first-order valence-electron chi connectivity index (χ1n) is 9.40. The van der Waals surface area contributed by atoms with Crippen LogP contribution in [0.15, 0.2) is 47.4 Å². The highest BCUT2D eigenvalue weighted by Gasteiger charge is 2.37. The van der Waals surface area contributed by atoms with Gasteiger partial charge in [-0.1, -0.05) is 24.1 Å². The van der Waals surface area contributed by atoms with Gasteiger partial charge in [-0.05, 0) is 69.0 Å². The summed E-state index contributed by atoms with van der Waals surface area (Å²) in [7, 11) is -3.67. The van der Waals surface area contributed by atoms with Crippen molar-refractivity contribution in [2.75, 3.05) is 9.62 Å². The number of hydrogen-bond donors (Lipinski definition) is 1. The summed E-state index contributed by atoms with van der Waals surface area (Å²) in [5, 5.41) is 0. The Kier molecular flexibility index (Phi) is 4.46. The Bertz CT molecular complexity index is 979. The summed E-state index contributed by atoms with van der Waals surface area (Å²) in [6.45, 7) is 3.98. The summed E-state index contributed by atoms with van der Waals surface area (Å²) in [6.07, 6.45) is 3.73. The average molecular weight is 385 g/mol. The Morgan fingerprint density at radius 1 is 1.11 bits per heavy atom. The summed E-state index contributed by atoms with van der Waals surface area (Å²) in [4.78, 5) is 14.8. The van der Waals surface area contributed by atoms with Crippen LogP contribution >= 0.6 is 0 Å². The highest BCUT2D eigenvalue weighted by molar-refractivity contribution is 7.92. The second-order valence-corrected chi connectivity index (χ2v) is 9.33. The van der Waals surface area contributed by atoms with Gasteiger partial charge in [0.05, 0.1) is 4.90 Å². The van der Waals surface area contributed by atoms with Crippen LogP contribution in [0.2, 0.25) is 0 Å². The number of sulfonamides is 1. The molecule has 1 fully saturated rings. The van der Waals surface area contributed by atoms with Gasteiger partial charge >= 0.3 is 0 Å².